The molecule has 0 radical (unpaired) electrons. The Hall–Kier alpha value is -2.25. The van der Waals surface area contributed by atoms with E-state index in [0.717, 1.165) is 69.8 Å². The number of carbonyl (C=O) groups is 1. The highest BCUT2D eigenvalue weighted by Crippen LogP contribution is 2.28. The Balaban J connectivity index is 1.39. The number of hydrogen-bond acceptors (Lipinski definition) is 5. The molecule has 0 amide bonds. The molecule has 4 rings (SSSR count). The summed E-state index contributed by atoms with van der Waals surface area (Å²) in [6.45, 7) is 7.84. The van der Waals surface area contributed by atoms with Gasteiger partial charge in [0, 0.05) is 69.0 Å². The standard InChI is InChI=1S/C20H27N5O2/c1-2-25-18-6-5-16(12-17(18)19(22-25)20(26)27)24-10-8-23(9-11-24)14-15-4-3-7-21-13-15/h3-4,7,13,16H,2,5-6,8-12,14H2,1H3,(H,26,27). The van der Waals surface area contributed by atoms with Crippen molar-refractivity contribution in [1.82, 2.24) is 24.6 Å². The van der Waals surface area contributed by atoms with E-state index in [1.807, 2.05) is 30.1 Å². The lowest BCUT2D eigenvalue weighted by Crippen LogP contribution is -2.51. The van der Waals surface area contributed by atoms with Gasteiger partial charge in [-0.25, -0.2) is 4.79 Å². The maximum atomic E-state index is 11.6. The van der Waals surface area contributed by atoms with Crippen LogP contribution < -0.4 is 0 Å². The van der Waals surface area contributed by atoms with Crippen molar-refractivity contribution < 1.29 is 9.90 Å². The Kier molecular flexibility index (Phi) is 5.22. The van der Waals surface area contributed by atoms with Crippen molar-refractivity contribution in [3.63, 3.8) is 0 Å². The second-order valence-electron chi connectivity index (χ2n) is 7.46. The fourth-order valence-corrected chi connectivity index (χ4v) is 4.45. The molecule has 27 heavy (non-hydrogen) atoms. The van der Waals surface area contributed by atoms with E-state index in [0.29, 0.717) is 6.04 Å². The predicted molar refractivity (Wildman–Crippen MR) is 102 cm³/mol. The molecule has 144 valence electrons. The lowest BCUT2D eigenvalue weighted by atomic mass is 9.90. The van der Waals surface area contributed by atoms with Gasteiger partial charge in [-0.05, 0) is 37.8 Å². The molecule has 2 aromatic rings. The normalized spacial score (nSPS) is 21.1. The van der Waals surface area contributed by atoms with Gasteiger partial charge in [-0.3, -0.25) is 19.5 Å². The van der Waals surface area contributed by atoms with Crippen LogP contribution >= 0.6 is 0 Å². The highest BCUT2D eigenvalue weighted by atomic mass is 16.4. The Morgan fingerprint density at radius 2 is 2.11 bits per heavy atom. The van der Waals surface area contributed by atoms with E-state index in [2.05, 4.69) is 25.9 Å². The second kappa shape index (κ2) is 7.78. The first kappa shape index (κ1) is 18.1. The van der Waals surface area contributed by atoms with Crippen LogP contribution in [0.25, 0.3) is 0 Å². The van der Waals surface area contributed by atoms with Gasteiger partial charge >= 0.3 is 5.97 Å². The summed E-state index contributed by atoms with van der Waals surface area (Å²) in [6.07, 6.45) is 6.56. The van der Waals surface area contributed by atoms with Crippen LogP contribution in [0.2, 0.25) is 0 Å². The summed E-state index contributed by atoms with van der Waals surface area (Å²) in [4.78, 5) is 20.8. The third-order valence-electron chi connectivity index (χ3n) is 5.87. The molecule has 2 aromatic heterocycles. The molecule has 1 atom stereocenters. The molecule has 3 heterocycles. The summed E-state index contributed by atoms with van der Waals surface area (Å²) >= 11 is 0. The molecule has 1 N–H and O–H groups in total. The van der Waals surface area contributed by atoms with Crippen LogP contribution in [-0.2, 0) is 25.9 Å². The zero-order valence-electron chi connectivity index (χ0n) is 15.8. The third-order valence-corrected chi connectivity index (χ3v) is 5.87. The van der Waals surface area contributed by atoms with E-state index in [1.165, 1.54) is 5.56 Å². The summed E-state index contributed by atoms with van der Waals surface area (Å²) < 4.78 is 1.88. The van der Waals surface area contributed by atoms with Gasteiger partial charge in [0.25, 0.3) is 0 Å². The molecule has 0 aromatic carbocycles. The molecule has 1 aliphatic carbocycles. The topological polar surface area (TPSA) is 74.5 Å². The number of fused-ring (bicyclic) bond motifs is 1. The second-order valence-corrected chi connectivity index (χ2v) is 7.46. The number of hydrogen-bond donors (Lipinski definition) is 1. The lowest BCUT2D eigenvalue weighted by molar-refractivity contribution is 0.0684. The maximum absolute atomic E-state index is 11.6. The van der Waals surface area contributed by atoms with Crippen molar-refractivity contribution >= 4 is 5.97 Å². The largest absolute Gasteiger partial charge is 0.476 e. The SMILES string of the molecule is CCn1nc(C(=O)O)c2c1CCC(N1CCN(Cc3cccnc3)CC1)C2. The predicted octanol–water partition coefficient (Wildman–Crippen LogP) is 1.67. The quantitative estimate of drug-likeness (QED) is 0.864. The molecule has 0 bridgehead atoms. The molecule has 0 spiro atoms. The van der Waals surface area contributed by atoms with Crippen molar-refractivity contribution in [1.29, 1.82) is 0 Å². The number of carboxylic acids is 1. The van der Waals surface area contributed by atoms with Crippen molar-refractivity contribution in [2.75, 3.05) is 26.2 Å². The van der Waals surface area contributed by atoms with Crippen LogP contribution in [0.15, 0.2) is 24.5 Å². The molecule has 1 unspecified atom stereocenters. The van der Waals surface area contributed by atoms with Crippen molar-refractivity contribution in [2.24, 2.45) is 0 Å². The summed E-state index contributed by atoms with van der Waals surface area (Å²) in [5, 5.41) is 13.9. The fourth-order valence-electron chi connectivity index (χ4n) is 4.45. The zero-order chi connectivity index (χ0) is 18.8. The average molecular weight is 369 g/mol. The minimum Gasteiger partial charge on any atom is -0.476 e. The number of nitrogens with zero attached hydrogens (tertiary/aromatic N) is 5. The van der Waals surface area contributed by atoms with Gasteiger partial charge in [0.1, 0.15) is 0 Å². The van der Waals surface area contributed by atoms with Crippen molar-refractivity contribution in [2.45, 2.75) is 45.3 Å². The number of piperazine rings is 1. The van der Waals surface area contributed by atoms with E-state index in [9.17, 15) is 9.90 Å². The summed E-state index contributed by atoms with van der Waals surface area (Å²) in [7, 11) is 0. The smallest absolute Gasteiger partial charge is 0.356 e. The van der Waals surface area contributed by atoms with E-state index in [1.54, 1.807) is 0 Å². The summed E-state index contributed by atoms with van der Waals surface area (Å²) in [6, 6.07) is 4.54. The number of aryl methyl sites for hydroxylation is 1. The monoisotopic (exact) mass is 369 g/mol. The number of carboxylic acid groups (broad SMARTS) is 1. The molecular formula is C20H27N5O2. The molecule has 7 heteroatoms. The van der Waals surface area contributed by atoms with Crippen LogP contribution in [0.5, 0.6) is 0 Å². The molecule has 7 nitrogen and oxygen atoms in total. The Bertz CT molecular complexity index is 796. The molecule has 0 saturated carbocycles. The minimum absolute atomic E-state index is 0.256. The molecule has 1 saturated heterocycles. The highest BCUT2D eigenvalue weighted by Gasteiger charge is 2.32. The van der Waals surface area contributed by atoms with Crippen LogP contribution in [0, 0.1) is 0 Å². The third kappa shape index (κ3) is 3.75. The average Bonchev–Trinajstić information content (AvgIpc) is 3.08. The zero-order valence-corrected chi connectivity index (χ0v) is 15.8. The maximum Gasteiger partial charge on any atom is 0.356 e. The van der Waals surface area contributed by atoms with Gasteiger partial charge in [-0.2, -0.15) is 5.10 Å². The Morgan fingerprint density at radius 1 is 1.30 bits per heavy atom. The van der Waals surface area contributed by atoms with Crippen LogP contribution in [-0.4, -0.2) is 67.9 Å². The van der Waals surface area contributed by atoms with E-state index < -0.39 is 5.97 Å². The molecule has 1 fully saturated rings. The molecular weight excluding hydrogens is 342 g/mol. The fraction of sp³-hybridized carbons (Fsp3) is 0.550. The van der Waals surface area contributed by atoms with Gasteiger partial charge in [0.15, 0.2) is 5.69 Å². The van der Waals surface area contributed by atoms with Gasteiger partial charge < -0.3 is 5.11 Å². The Labute approximate surface area is 159 Å². The lowest BCUT2D eigenvalue weighted by Gasteiger charge is -2.40. The number of aromatic carboxylic acids is 1. The van der Waals surface area contributed by atoms with Crippen LogP contribution in [0.1, 0.15) is 40.7 Å². The minimum atomic E-state index is -0.902. The van der Waals surface area contributed by atoms with Crippen LogP contribution in [0.4, 0.5) is 0 Å². The van der Waals surface area contributed by atoms with Gasteiger partial charge in [0.2, 0.25) is 0 Å². The van der Waals surface area contributed by atoms with Crippen molar-refractivity contribution in [3.8, 4) is 0 Å². The van der Waals surface area contributed by atoms with E-state index in [-0.39, 0.29) is 5.69 Å². The van der Waals surface area contributed by atoms with E-state index in [4.69, 9.17) is 0 Å². The van der Waals surface area contributed by atoms with Gasteiger partial charge in [0.05, 0.1) is 0 Å². The molecule has 2 aliphatic rings. The van der Waals surface area contributed by atoms with Gasteiger partial charge in [-0.1, -0.05) is 6.07 Å². The van der Waals surface area contributed by atoms with E-state index >= 15 is 0 Å². The number of rotatable bonds is 5. The first-order chi connectivity index (χ1) is 13.2. The Morgan fingerprint density at radius 3 is 2.78 bits per heavy atom. The summed E-state index contributed by atoms with van der Waals surface area (Å²) in [5.41, 5.74) is 3.60. The highest BCUT2D eigenvalue weighted by molar-refractivity contribution is 5.87. The van der Waals surface area contributed by atoms with Crippen molar-refractivity contribution in [3.05, 3.63) is 47.0 Å². The first-order valence-corrected chi connectivity index (χ1v) is 9.83. The number of pyridine rings is 1. The molecule has 1 aliphatic heterocycles. The number of aromatic nitrogens is 3. The van der Waals surface area contributed by atoms with Gasteiger partial charge in [-0.15, -0.1) is 0 Å². The summed E-state index contributed by atoms with van der Waals surface area (Å²) in [5.74, 6) is -0.902. The first-order valence-electron chi connectivity index (χ1n) is 9.83. The van der Waals surface area contributed by atoms with Crippen LogP contribution in [0.3, 0.4) is 0 Å².